The number of fused-ring (bicyclic) bond motifs is 3. The summed E-state index contributed by atoms with van der Waals surface area (Å²) in [5.41, 5.74) is -1.65. The third-order valence-corrected chi connectivity index (χ3v) is 7.91. The van der Waals surface area contributed by atoms with E-state index in [1.54, 1.807) is 6.08 Å². The number of ether oxygens (including phenoxy) is 2. The highest BCUT2D eigenvalue weighted by Crippen LogP contribution is 2.66. The molecule has 0 aromatic carbocycles. The molecule has 0 spiro atoms. The highest BCUT2D eigenvalue weighted by Gasteiger charge is 2.70. The Labute approximate surface area is 164 Å². The zero-order valence-electron chi connectivity index (χ0n) is 18.1. The van der Waals surface area contributed by atoms with Crippen molar-refractivity contribution >= 4 is 11.8 Å². The Hall–Kier alpha value is -1.16. The molecule has 4 nitrogen and oxygen atoms in total. The molecule has 7 atom stereocenters. The molecule has 0 N–H and O–H groups in total. The Morgan fingerprint density at radius 1 is 1.22 bits per heavy atom. The van der Waals surface area contributed by atoms with Gasteiger partial charge in [-0.3, -0.25) is 9.59 Å². The molecular weight excluding hydrogens is 340 g/mol. The van der Waals surface area contributed by atoms with E-state index in [1.165, 1.54) is 6.92 Å². The summed E-state index contributed by atoms with van der Waals surface area (Å²) in [7, 11) is 0. The van der Waals surface area contributed by atoms with Gasteiger partial charge in [-0.05, 0) is 49.4 Å². The number of hydrogen-bond donors (Lipinski definition) is 0. The van der Waals surface area contributed by atoms with Gasteiger partial charge in [-0.25, -0.2) is 0 Å². The number of carbonyl (C=O) groups excluding carboxylic acids is 2. The Morgan fingerprint density at radius 3 is 2.41 bits per heavy atom. The minimum atomic E-state index is -0.845. The van der Waals surface area contributed by atoms with E-state index in [4.69, 9.17) is 9.47 Å². The van der Waals surface area contributed by atoms with Gasteiger partial charge in [-0.2, -0.15) is 0 Å². The standard InChI is InChI=1S/C23H36O4/c1-9-21(6)13-16(25)18-22(7)12-10-11-20(4,5)17(22)14(2)19(26-15(3)24)23(18,8)27-21/h9,14,17-19H,1,10-13H2,2-8H3/t14-,17-,18+,19-,21-,22-,23-/m0/s1. The van der Waals surface area contributed by atoms with Crippen molar-refractivity contribution in [3.63, 3.8) is 0 Å². The van der Waals surface area contributed by atoms with Crippen LogP contribution < -0.4 is 0 Å². The van der Waals surface area contributed by atoms with E-state index in [9.17, 15) is 9.59 Å². The van der Waals surface area contributed by atoms with E-state index in [0.717, 1.165) is 19.3 Å². The average Bonchev–Trinajstić information content (AvgIpc) is 2.49. The minimum Gasteiger partial charge on any atom is -0.459 e. The smallest absolute Gasteiger partial charge is 0.303 e. The van der Waals surface area contributed by atoms with Gasteiger partial charge in [0.2, 0.25) is 0 Å². The summed E-state index contributed by atoms with van der Waals surface area (Å²) in [6.07, 6.45) is 4.87. The second kappa shape index (κ2) is 6.17. The third kappa shape index (κ3) is 2.90. The first-order valence-corrected chi connectivity index (χ1v) is 10.3. The zero-order valence-corrected chi connectivity index (χ0v) is 18.1. The Kier molecular flexibility index (Phi) is 4.70. The summed E-state index contributed by atoms with van der Waals surface area (Å²) in [5.74, 6) is 0.0340. The summed E-state index contributed by atoms with van der Waals surface area (Å²) in [6, 6.07) is 0. The van der Waals surface area contributed by atoms with Crippen LogP contribution in [-0.4, -0.2) is 29.1 Å². The lowest BCUT2D eigenvalue weighted by Gasteiger charge is -2.67. The fraction of sp³-hybridized carbons (Fsp3) is 0.826. The van der Waals surface area contributed by atoms with Crippen LogP contribution in [0.5, 0.6) is 0 Å². The first-order valence-electron chi connectivity index (χ1n) is 10.3. The highest BCUT2D eigenvalue weighted by molar-refractivity contribution is 5.86. The van der Waals surface area contributed by atoms with E-state index >= 15 is 0 Å². The van der Waals surface area contributed by atoms with E-state index in [1.807, 2.05) is 13.8 Å². The molecule has 0 amide bonds. The van der Waals surface area contributed by atoms with Crippen molar-refractivity contribution in [2.24, 2.45) is 28.6 Å². The van der Waals surface area contributed by atoms with Crippen LogP contribution >= 0.6 is 0 Å². The molecular formula is C23H36O4. The molecule has 1 saturated heterocycles. The van der Waals surface area contributed by atoms with Crippen LogP contribution in [0.1, 0.15) is 74.1 Å². The summed E-state index contributed by atoms with van der Waals surface area (Å²) >= 11 is 0. The quantitative estimate of drug-likeness (QED) is 0.517. The molecule has 0 bridgehead atoms. The summed E-state index contributed by atoms with van der Waals surface area (Å²) in [6.45, 7) is 18.3. The lowest BCUT2D eigenvalue weighted by atomic mass is 9.41. The van der Waals surface area contributed by atoms with Gasteiger partial charge in [0, 0.05) is 13.3 Å². The minimum absolute atomic E-state index is 0.0889. The molecule has 4 heteroatoms. The van der Waals surface area contributed by atoms with Crippen molar-refractivity contribution in [1.82, 2.24) is 0 Å². The molecule has 3 rings (SSSR count). The van der Waals surface area contributed by atoms with E-state index in [0.29, 0.717) is 12.3 Å². The van der Waals surface area contributed by atoms with Crippen LogP contribution in [0.3, 0.4) is 0 Å². The van der Waals surface area contributed by atoms with Crippen molar-refractivity contribution < 1.29 is 19.1 Å². The van der Waals surface area contributed by atoms with Crippen LogP contribution in [0, 0.1) is 28.6 Å². The molecule has 2 aliphatic carbocycles. The number of esters is 1. The third-order valence-electron chi connectivity index (χ3n) is 7.91. The van der Waals surface area contributed by atoms with Crippen molar-refractivity contribution in [1.29, 1.82) is 0 Å². The molecule has 27 heavy (non-hydrogen) atoms. The predicted molar refractivity (Wildman–Crippen MR) is 105 cm³/mol. The first kappa shape index (κ1) is 20.6. The van der Waals surface area contributed by atoms with Gasteiger partial charge in [0.15, 0.2) is 0 Å². The van der Waals surface area contributed by atoms with E-state index in [-0.39, 0.29) is 34.4 Å². The van der Waals surface area contributed by atoms with Crippen molar-refractivity contribution in [2.45, 2.75) is 91.5 Å². The Balaban J connectivity index is 2.20. The number of Topliss-reactive ketones (excluding diaryl/α,β-unsaturated/α-hetero) is 1. The van der Waals surface area contributed by atoms with Crippen LogP contribution in [0.15, 0.2) is 12.7 Å². The normalized spacial score (nSPS) is 48.9. The summed E-state index contributed by atoms with van der Waals surface area (Å²) in [5, 5.41) is 0. The number of hydrogen-bond acceptors (Lipinski definition) is 4. The molecule has 0 unspecified atom stereocenters. The van der Waals surface area contributed by atoms with Crippen LogP contribution in [0.4, 0.5) is 0 Å². The number of rotatable bonds is 2. The molecule has 152 valence electrons. The second-order valence-corrected chi connectivity index (χ2v) is 10.6. The van der Waals surface area contributed by atoms with Crippen molar-refractivity contribution in [2.75, 3.05) is 0 Å². The fourth-order valence-corrected chi connectivity index (χ4v) is 7.59. The van der Waals surface area contributed by atoms with Gasteiger partial charge in [-0.1, -0.05) is 40.2 Å². The number of carbonyl (C=O) groups is 2. The fourth-order valence-electron chi connectivity index (χ4n) is 7.59. The van der Waals surface area contributed by atoms with Gasteiger partial charge in [0.05, 0.1) is 11.5 Å². The molecule has 0 aromatic rings. The van der Waals surface area contributed by atoms with Gasteiger partial charge < -0.3 is 9.47 Å². The maximum Gasteiger partial charge on any atom is 0.303 e. The predicted octanol–water partition coefficient (Wildman–Crippen LogP) is 4.71. The summed E-state index contributed by atoms with van der Waals surface area (Å²) < 4.78 is 12.5. The number of ketones is 1. The highest BCUT2D eigenvalue weighted by atomic mass is 16.6. The molecule has 1 aliphatic heterocycles. The average molecular weight is 377 g/mol. The lowest BCUT2D eigenvalue weighted by Crippen LogP contribution is -2.73. The topological polar surface area (TPSA) is 52.6 Å². The Morgan fingerprint density at radius 2 is 1.85 bits per heavy atom. The van der Waals surface area contributed by atoms with Gasteiger partial charge in [0.1, 0.15) is 17.5 Å². The molecule has 0 radical (unpaired) electrons. The molecule has 3 aliphatic rings. The van der Waals surface area contributed by atoms with Crippen molar-refractivity contribution in [3.8, 4) is 0 Å². The van der Waals surface area contributed by atoms with Gasteiger partial charge in [-0.15, -0.1) is 6.58 Å². The van der Waals surface area contributed by atoms with Crippen LogP contribution in [0.25, 0.3) is 0 Å². The zero-order chi connectivity index (χ0) is 20.4. The second-order valence-electron chi connectivity index (χ2n) is 10.6. The molecule has 3 fully saturated rings. The van der Waals surface area contributed by atoms with Gasteiger partial charge >= 0.3 is 5.97 Å². The first-order chi connectivity index (χ1) is 12.3. The summed E-state index contributed by atoms with van der Waals surface area (Å²) in [4.78, 5) is 25.6. The van der Waals surface area contributed by atoms with Crippen molar-refractivity contribution in [3.05, 3.63) is 12.7 Å². The van der Waals surface area contributed by atoms with Gasteiger partial charge in [0.25, 0.3) is 0 Å². The SMILES string of the molecule is C=C[C@@]1(C)CC(=O)[C@@H]2[C@@]3(C)CCCC(C)(C)[C@@H]3[C@H](C)[C@H](OC(C)=O)[C@@]2(C)O1. The molecule has 1 heterocycles. The van der Waals surface area contributed by atoms with E-state index < -0.39 is 17.3 Å². The maximum atomic E-state index is 13.5. The molecule has 2 saturated carbocycles. The lowest BCUT2D eigenvalue weighted by molar-refractivity contribution is -0.295. The monoisotopic (exact) mass is 376 g/mol. The van der Waals surface area contributed by atoms with Crippen LogP contribution in [0.2, 0.25) is 0 Å². The maximum absolute atomic E-state index is 13.5. The largest absolute Gasteiger partial charge is 0.459 e. The molecule has 0 aromatic heterocycles. The van der Waals surface area contributed by atoms with Crippen LogP contribution in [-0.2, 0) is 19.1 Å². The Bertz CT molecular complexity index is 667. The van der Waals surface area contributed by atoms with E-state index in [2.05, 4.69) is 34.3 Å².